The van der Waals surface area contributed by atoms with E-state index in [-0.39, 0.29) is 12.1 Å². The van der Waals surface area contributed by atoms with E-state index in [1.165, 1.54) is 0 Å². The zero-order valence-corrected chi connectivity index (χ0v) is 18.2. The fraction of sp³-hybridized carbons (Fsp3) is 0.304. The first-order chi connectivity index (χ1) is 15.5. The number of aromatic nitrogens is 2. The quantitative estimate of drug-likeness (QED) is 0.580. The van der Waals surface area contributed by atoms with Crippen molar-refractivity contribution in [2.24, 2.45) is 5.16 Å². The van der Waals surface area contributed by atoms with Gasteiger partial charge in [0.05, 0.1) is 23.5 Å². The third kappa shape index (κ3) is 5.05. The number of nitrogens with zero attached hydrogens (tertiary/aromatic N) is 3. The van der Waals surface area contributed by atoms with E-state index in [4.69, 9.17) is 14.1 Å². The first kappa shape index (κ1) is 21.4. The molecule has 4 rings (SSSR count). The Hall–Kier alpha value is -3.88. The van der Waals surface area contributed by atoms with Gasteiger partial charge in [-0.3, -0.25) is 4.98 Å². The van der Waals surface area contributed by atoms with Crippen LogP contribution >= 0.6 is 0 Å². The Morgan fingerprint density at radius 3 is 2.84 bits per heavy atom. The molecule has 1 unspecified atom stereocenters. The van der Waals surface area contributed by atoms with Gasteiger partial charge in [0.25, 0.3) is 0 Å². The molecule has 0 fully saturated rings. The van der Waals surface area contributed by atoms with E-state index >= 15 is 0 Å². The summed E-state index contributed by atoms with van der Waals surface area (Å²) in [5.41, 5.74) is 4.93. The van der Waals surface area contributed by atoms with Crippen LogP contribution in [0.1, 0.15) is 23.6 Å². The molecule has 9 nitrogen and oxygen atoms in total. The number of carbonyl (C=O) groups is 1. The van der Waals surface area contributed by atoms with Crippen molar-refractivity contribution in [3.63, 3.8) is 0 Å². The van der Waals surface area contributed by atoms with Gasteiger partial charge >= 0.3 is 6.03 Å². The number of ether oxygens (including phenoxy) is 1. The standard InChI is InChI=1S/C23H25N5O4/c1-14-10-17(8-9-24-14)26-23(29)25-12-18-11-19(32-28-18)13-30-21-7-5-4-6-20(21)22-15(2)27-31-16(22)3/h4-10,19H,11-13H2,1-3H3,(H2,24,25,26,29). The number of hydrogen-bond acceptors (Lipinski definition) is 7. The molecular formula is C23H25N5O4. The topological polar surface area (TPSA) is 111 Å². The number of pyridine rings is 1. The molecule has 9 heteroatoms. The molecule has 1 aliphatic heterocycles. The average molecular weight is 435 g/mol. The summed E-state index contributed by atoms with van der Waals surface area (Å²) in [6, 6.07) is 11.0. The maximum absolute atomic E-state index is 12.1. The van der Waals surface area contributed by atoms with Gasteiger partial charge in [0.15, 0.2) is 6.10 Å². The summed E-state index contributed by atoms with van der Waals surface area (Å²) in [5.74, 6) is 1.47. The summed E-state index contributed by atoms with van der Waals surface area (Å²) in [7, 11) is 0. The van der Waals surface area contributed by atoms with Crippen LogP contribution in [0.15, 0.2) is 52.3 Å². The normalized spacial score (nSPS) is 15.1. The van der Waals surface area contributed by atoms with Crippen molar-refractivity contribution in [3.05, 3.63) is 59.7 Å². The number of carbonyl (C=O) groups excluding carboxylic acids is 1. The molecule has 1 atom stereocenters. The van der Waals surface area contributed by atoms with Gasteiger partial charge in [-0.05, 0) is 39.0 Å². The summed E-state index contributed by atoms with van der Waals surface area (Å²) in [6.07, 6.45) is 1.99. The Balaban J connectivity index is 1.27. The van der Waals surface area contributed by atoms with Crippen LogP contribution in [0.2, 0.25) is 0 Å². The van der Waals surface area contributed by atoms with Crippen LogP contribution in [0.5, 0.6) is 5.75 Å². The van der Waals surface area contributed by atoms with Crippen molar-refractivity contribution in [2.75, 3.05) is 18.5 Å². The lowest BCUT2D eigenvalue weighted by atomic mass is 10.0. The first-order valence-electron chi connectivity index (χ1n) is 10.3. The lowest BCUT2D eigenvalue weighted by Gasteiger charge is -2.14. The number of nitrogens with one attached hydrogen (secondary N) is 2. The second-order valence-electron chi connectivity index (χ2n) is 7.59. The van der Waals surface area contributed by atoms with E-state index in [1.54, 1.807) is 18.3 Å². The number of aryl methyl sites for hydroxylation is 3. The Labute approximate surface area is 185 Å². The predicted octanol–water partition coefficient (Wildman–Crippen LogP) is 4.01. The van der Waals surface area contributed by atoms with Crippen LogP contribution in [0.3, 0.4) is 0 Å². The first-order valence-corrected chi connectivity index (χ1v) is 10.3. The molecule has 0 bridgehead atoms. The molecule has 0 aliphatic carbocycles. The molecule has 2 amide bonds. The highest BCUT2D eigenvalue weighted by Crippen LogP contribution is 2.34. The zero-order valence-electron chi connectivity index (χ0n) is 18.2. The summed E-state index contributed by atoms with van der Waals surface area (Å²) in [4.78, 5) is 21.7. The molecule has 2 aromatic heterocycles. The molecule has 0 saturated carbocycles. The molecule has 1 aliphatic rings. The summed E-state index contributed by atoms with van der Waals surface area (Å²) in [6.45, 7) is 6.27. The van der Waals surface area contributed by atoms with Crippen LogP contribution in [0.4, 0.5) is 10.5 Å². The van der Waals surface area contributed by atoms with Crippen LogP contribution < -0.4 is 15.4 Å². The van der Waals surface area contributed by atoms with E-state index in [0.29, 0.717) is 25.3 Å². The second kappa shape index (κ2) is 9.51. The fourth-order valence-corrected chi connectivity index (χ4v) is 3.51. The molecule has 0 radical (unpaired) electrons. The van der Waals surface area contributed by atoms with Crippen LogP contribution in [0.25, 0.3) is 11.1 Å². The van der Waals surface area contributed by atoms with Crippen LogP contribution in [-0.2, 0) is 4.84 Å². The number of benzene rings is 1. The van der Waals surface area contributed by atoms with E-state index in [1.807, 2.05) is 45.0 Å². The van der Waals surface area contributed by atoms with Crippen molar-refractivity contribution in [1.82, 2.24) is 15.5 Å². The van der Waals surface area contributed by atoms with Gasteiger partial charge in [-0.1, -0.05) is 28.5 Å². The molecule has 0 saturated heterocycles. The monoisotopic (exact) mass is 435 g/mol. The lowest BCUT2D eigenvalue weighted by Crippen LogP contribution is -2.33. The number of amides is 2. The third-order valence-electron chi connectivity index (χ3n) is 5.02. The van der Waals surface area contributed by atoms with Gasteiger partial charge in [0.2, 0.25) is 0 Å². The minimum absolute atomic E-state index is 0.226. The largest absolute Gasteiger partial charge is 0.489 e. The summed E-state index contributed by atoms with van der Waals surface area (Å²) in [5, 5.41) is 13.7. The molecule has 2 N–H and O–H groups in total. The fourth-order valence-electron chi connectivity index (χ4n) is 3.51. The van der Waals surface area contributed by atoms with Crippen molar-refractivity contribution in [1.29, 1.82) is 0 Å². The molecule has 32 heavy (non-hydrogen) atoms. The molecular weight excluding hydrogens is 410 g/mol. The number of para-hydroxylation sites is 1. The number of rotatable bonds is 7. The lowest BCUT2D eigenvalue weighted by molar-refractivity contribution is 0.0472. The van der Waals surface area contributed by atoms with E-state index < -0.39 is 0 Å². The number of oxime groups is 1. The Morgan fingerprint density at radius 2 is 2.06 bits per heavy atom. The molecule has 3 heterocycles. The van der Waals surface area contributed by atoms with Gasteiger partial charge < -0.3 is 24.7 Å². The Kier molecular flexibility index (Phi) is 6.34. The van der Waals surface area contributed by atoms with E-state index in [9.17, 15) is 4.79 Å². The van der Waals surface area contributed by atoms with Gasteiger partial charge in [0, 0.05) is 29.6 Å². The van der Waals surface area contributed by atoms with E-state index in [2.05, 4.69) is 25.9 Å². The second-order valence-corrected chi connectivity index (χ2v) is 7.59. The van der Waals surface area contributed by atoms with Crippen molar-refractivity contribution >= 4 is 17.4 Å². The minimum Gasteiger partial charge on any atom is -0.489 e. The highest BCUT2D eigenvalue weighted by Gasteiger charge is 2.23. The van der Waals surface area contributed by atoms with Gasteiger partial charge in [0.1, 0.15) is 18.1 Å². The van der Waals surface area contributed by atoms with E-state index in [0.717, 1.165) is 39.7 Å². The predicted molar refractivity (Wildman–Crippen MR) is 120 cm³/mol. The zero-order chi connectivity index (χ0) is 22.5. The number of hydrogen-bond donors (Lipinski definition) is 2. The summed E-state index contributed by atoms with van der Waals surface area (Å²) >= 11 is 0. The maximum atomic E-state index is 12.1. The maximum Gasteiger partial charge on any atom is 0.319 e. The van der Waals surface area contributed by atoms with Crippen LogP contribution in [0, 0.1) is 20.8 Å². The van der Waals surface area contributed by atoms with Gasteiger partial charge in [-0.2, -0.15) is 0 Å². The molecule has 1 aromatic carbocycles. The average Bonchev–Trinajstić information content (AvgIpc) is 3.37. The SMILES string of the molecule is Cc1cc(NC(=O)NCC2=NOC(COc3ccccc3-c3c(C)noc3C)C2)ccn1. The van der Waals surface area contributed by atoms with Crippen LogP contribution in [-0.4, -0.2) is 41.1 Å². The molecule has 0 spiro atoms. The Bertz CT molecular complexity index is 1120. The van der Waals surface area contributed by atoms with Crippen molar-refractivity contribution in [3.8, 4) is 16.9 Å². The number of urea groups is 1. The van der Waals surface area contributed by atoms with Gasteiger partial charge in [-0.15, -0.1) is 0 Å². The molecule has 166 valence electrons. The van der Waals surface area contributed by atoms with Crippen molar-refractivity contribution in [2.45, 2.75) is 33.3 Å². The minimum atomic E-state index is -0.314. The van der Waals surface area contributed by atoms with Crippen molar-refractivity contribution < 1.29 is 18.9 Å². The van der Waals surface area contributed by atoms with Gasteiger partial charge in [-0.25, -0.2) is 4.79 Å². The molecule has 3 aromatic rings. The Morgan fingerprint density at radius 1 is 1.22 bits per heavy atom. The smallest absolute Gasteiger partial charge is 0.319 e. The summed E-state index contributed by atoms with van der Waals surface area (Å²) < 4.78 is 11.3. The number of anilines is 1. The highest BCUT2D eigenvalue weighted by molar-refractivity contribution is 5.94. The third-order valence-corrected chi connectivity index (χ3v) is 5.02. The highest BCUT2D eigenvalue weighted by atomic mass is 16.7.